The van der Waals surface area contributed by atoms with Gasteiger partial charge >= 0.3 is 0 Å². The number of benzene rings is 1. The van der Waals surface area contributed by atoms with E-state index in [2.05, 4.69) is 4.98 Å². The van der Waals surface area contributed by atoms with Gasteiger partial charge in [0.15, 0.2) is 0 Å². The molecule has 0 fully saturated rings. The average Bonchev–Trinajstić information content (AvgIpc) is 2.45. The van der Waals surface area contributed by atoms with Crippen LogP contribution in [-0.2, 0) is 6.54 Å². The Kier molecular flexibility index (Phi) is 4.91. The van der Waals surface area contributed by atoms with Gasteiger partial charge in [0.1, 0.15) is 5.82 Å². The Morgan fingerprint density at radius 2 is 1.95 bits per heavy atom. The molecule has 0 aliphatic rings. The second kappa shape index (κ2) is 6.68. The van der Waals surface area contributed by atoms with Gasteiger partial charge in [-0.05, 0) is 39.0 Å². The van der Waals surface area contributed by atoms with Crippen molar-refractivity contribution < 1.29 is 9.50 Å². The smallest absolute Gasteiger partial charge is 0.146 e. The summed E-state index contributed by atoms with van der Waals surface area (Å²) in [5.74, 6) is -0.317. The Balaban J connectivity index is 2.38. The quantitative estimate of drug-likeness (QED) is 0.913. The summed E-state index contributed by atoms with van der Waals surface area (Å²) < 4.78 is 14.3. The van der Waals surface area contributed by atoms with Crippen molar-refractivity contribution in [1.82, 2.24) is 4.98 Å². The van der Waals surface area contributed by atoms with E-state index in [0.717, 1.165) is 11.4 Å². The maximum Gasteiger partial charge on any atom is 0.146 e. The van der Waals surface area contributed by atoms with E-state index in [1.54, 1.807) is 19.1 Å². The van der Waals surface area contributed by atoms with Crippen LogP contribution in [0.2, 0.25) is 0 Å². The third kappa shape index (κ3) is 3.58. The maximum absolute atomic E-state index is 14.3. The third-order valence-corrected chi connectivity index (χ3v) is 3.46. The topological polar surface area (TPSA) is 36.4 Å². The fourth-order valence-electron chi connectivity index (χ4n) is 2.43. The third-order valence-electron chi connectivity index (χ3n) is 3.46. The van der Waals surface area contributed by atoms with Crippen LogP contribution in [0.15, 0.2) is 36.4 Å². The highest BCUT2D eigenvalue weighted by atomic mass is 19.1. The minimum Gasteiger partial charge on any atom is -0.389 e. The zero-order valence-corrected chi connectivity index (χ0v) is 12.7. The van der Waals surface area contributed by atoms with Crippen molar-refractivity contribution in [3.8, 4) is 0 Å². The van der Waals surface area contributed by atoms with E-state index in [1.807, 2.05) is 36.9 Å². The van der Waals surface area contributed by atoms with Crippen LogP contribution in [0.4, 0.5) is 10.1 Å². The van der Waals surface area contributed by atoms with E-state index in [4.69, 9.17) is 0 Å². The molecule has 0 amide bonds. The Labute approximate surface area is 125 Å². The van der Waals surface area contributed by atoms with Crippen molar-refractivity contribution in [1.29, 1.82) is 0 Å². The predicted octanol–water partition coefficient (Wildman–Crippen LogP) is 3.61. The number of hydrogen-bond donors (Lipinski definition) is 1. The van der Waals surface area contributed by atoms with Gasteiger partial charge in [0.05, 0.1) is 24.0 Å². The summed E-state index contributed by atoms with van der Waals surface area (Å²) in [6, 6.07) is 10.6. The molecule has 21 heavy (non-hydrogen) atoms. The van der Waals surface area contributed by atoms with Crippen LogP contribution in [0.3, 0.4) is 0 Å². The monoisotopic (exact) mass is 288 g/mol. The number of halogens is 1. The zero-order chi connectivity index (χ0) is 15.4. The fraction of sp³-hybridized carbons (Fsp3) is 0.353. The van der Waals surface area contributed by atoms with Crippen molar-refractivity contribution in [3.63, 3.8) is 0 Å². The average molecular weight is 288 g/mol. The summed E-state index contributed by atoms with van der Waals surface area (Å²) in [4.78, 5) is 6.37. The van der Waals surface area contributed by atoms with Crippen molar-refractivity contribution in [2.75, 3.05) is 11.4 Å². The molecule has 0 aliphatic carbocycles. The SMILES string of the molecule is CCN(Cc1cccc(C)n1)c1c(F)cccc1[C@H](C)O. The number of aliphatic hydroxyl groups is 1. The van der Waals surface area contributed by atoms with Crippen LogP contribution < -0.4 is 4.90 Å². The Hall–Kier alpha value is -1.94. The van der Waals surface area contributed by atoms with Gasteiger partial charge in [-0.25, -0.2) is 4.39 Å². The lowest BCUT2D eigenvalue weighted by Gasteiger charge is -2.27. The van der Waals surface area contributed by atoms with Crippen LogP contribution in [0.1, 0.15) is 36.9 Å². The van der Waals surface area contributed by atoms with Crippen molar-refractivity contribution >= 4 is 5.69 Å². The molecule has 1 heterocycles. The van der Waals surface area contributed by atoms with Crippen LogP contribution in [0.5, 0.6) is 0 Å². The zero-order valence-electron chi connectivity index (χ0n) is 12.7. The van der Waals surface area contributed by atoms with E-state index in [9.17, 15) is 9.50 Å². The second-order valence-electron chi connectivity index (χ2n) is 5.14. The highest BCUT2D eigenvalue weighted by Gasteiger charge is 2.18. The molecule has 2 aromatic rings. The first kappa shape index (κ1) is 15.4. The Morgan fingerprint density at radius 3 is 2.57 bits per heavy atom. The molecule has 1 atom stereocenters. The van der Waals surface area contributed by atoms with E-state index < -0.39 is 6.10 Å². The van der Waals surface area contributed by atoms with Gasteiger partial charge in [0, 0.05) is 17.8 Å². The minimum absolute atomic E-state index is 0.317. The van der Waals surface area contributed by atoms with Crippen LogP contribution in [-0.4, -0.2) is 16.6 Å². The number of anilines is 1. The number of rotatable bonds is 5. The van der Waals surface area contributed by atoms with Crippen molar-refractivity contribution in [2.24, 2.45) is 0 Å². The highest BCUT2D eigenvalue weighted by molar-refractivity contribution is 5.56. The standard InChI is InChI=1S/C17H21FN2O/c1-4-20(11-14-8-5-7-12(2)19-14)17-15(13(3)21)9-6-10-16(17)18/h5-10,13,21H,4,11H2,1-3H3/t13-/m0/s1. The number of para-hydroxylation sites is 1. The molecule has 0 radical (unpaired) electrons. The first-order valence-electron chi connectivity index (χ1n) is 7.17. The van der Waals surface area contributed by atoms with Gasteiger partial charge in [-0.1, -0.05) is 18.2 Å². The number of pyridine rings is 1. The summed E-state index contributed by atoms with van der Waals surface area (Å²) >= 11 is 0. The van der Waals surface area contributed by atoms with Crippen molar-refractivity contribution in [2.45, 2.75) is 33.4 Å². The molecule has 3 nitrogen and oxygen atoms in total. The molecule has 0 saturated carbocycles. The summed E-state index contributed by atoms with van der Waals surface area (Å²) in [5, 5.41) is 9.87. The lowest BCUT2D eigenvalue weighted by Crippen LogP contribution is -2.25. The largest absolute Gasteiger partial charge is 0.389 e. The molecule has 112 valence electrons. The number of nitrogens with zero attached hydrogens (tertiary/aromatic N) is 2. The first-order chi connectivity index (χ1) is 10.0. The molecule has 0 aliphatic heterocycles. The summed E-state index contributed by atoms with van der Waals surface area (Å²) in [6.45, 7) is 6.70. The van der Waals surface area contributed by atoms with Gasteiger partial charge in [0.25, 0.3) is 0 Å². The minimum atomic E-state index is -0.713. The number of aliphatic hydroxyl groups excluding tert-OH is 1. The molecule has 0 bridgehead atoms. The summed E-state index contributed by atoms with van der Waals surface area (Å²) in [7, 11) is 0. The first-order valence-corrected chi connectivity index (χ1v) is 7.17. The molecule has 1 aromatic carbocycles. The molecule has 0 saturated heterocycles. The molecular formula is C17H21FN2O. The molecule has 0 unspecified atom stereocenters. The van der Waals surface area contributed by atoms with E-state index in [1.165, 1.54) is 6.07 Å². The van der Waals surface area contributed by atoms with Gasteiger partial charge in [-0.3, -0.25) is 4.98 Å². The number of aromatic nitrogens is 1. The van der Waals surface area contributed by atoms with E-state index >= 15 is 0 Å². The van der Waals surface area contributed by atoms with Crippen LogP contribution >= 0.6 is 0 Å². The van der Waals surface area contributed by atoms with Crippen LogP contribution in [0.25, 0.3) is 0 Å². The normalized spacial score (nSPS) is 12.2. The lowest BCUT2D eigenvalue weighted by atomic mass is 10.1. The second-order valence-corrected chi connectivity index (χ2v) is 5.14. The predicted molar refractivity (Wildman–Crippen MR) is 82.7 cm³/mol. The summed E-state index contributed by atoms with van der Waals surface area (Å²) in [6.07, 6.45) is -0.713. The Morgan fingerprint density at radius 1 is 1.24 bits per heavy atom. The molecule has 2 rings (SSSR count). The van der Waals surface area contributed by atoms with Gasteiger partial charge in [-0.2, -0.15) is 0 Å². The molecule has 0 spiro atoms. The highest BCUT2D eigenvalue weighted by Crippen LogP contribution is 2.30. The van der Waals surface area contributed by atoms with Gasteiger partial charge in [-0.15, -0.1) is 0 Å². The van der Waals surface area contributed by atoms with Crippen molar-refractivity contribution in [3.05, 3.63) is 59.2 Å². The molecule has 1 aromatic heterocycles. The number of hydrogen-bond acceptors (Lipinski definition) is 3. The fourth-order valence-corrected chi connectivity index (χ4v) is 2.43. The lowest BCUT2D eigenvalue weighted by molar-refractivity contribution is 0.199. The number of aryl methyl sites for hydroxylation is 1. The van der Waals surface area contributed by atoms with E-state index in [0.29, 0.717) is 24.3 Å². The van der Waals surface area contributed by atoms with Gasteiger partial charge in [0.2, 0.25) is 0 Å². The molecule has 1 N–H and O–H groups in total. The molecular weight excluding hydrogens is 267 g/mol. The maximum atomic E-state index is 14.3. The summed E-state index contributed by atoms with van der Waals surface area (Å²) in [5.41, 5.74) is 2.88. The molecule has 4 heteroatoms. The van der Waals surface area contributed by atoms with Gasteiger partial charge < -0.3 is 10.0 Å². The van der Waals surface area contributed by atoms with Crippen LogP contribution in [0, 0.1) is 12.7 Å². The Bertz CT molecular complexity index is 613. The van der Waals surface area contributed by atoms with E-state index in [-0.39, 0.29) is 5.82 Å².